The Bertz CT molecular complexity index is 537. The molecule has 1 aromatic carbocycles. The van der Waals surface area contributed by atoms with E-state index in [1.807, 2.05) is 41.3 Å². The molecule has 6 heteroatoms. The van der Waals surface area contributed by atoms with E-state index >= 15 is 0 Å². The lowest BCUT2D eigenvalue weighted by atomic mass is 10.3. The average molecular weight is 280 g/mol. The average Bonchev–Trinajstić information content (AvgIpc) is 2.85. The first-order valence-corrected chi connectivity index (χ1v) is 7.44. The van der Waals surface area contributed by atoms with Gasteiger partial charge in [-0.3, -0.25) is 9.36 Å². The summed E-state index contributed by atoms with van der Waals surface area (Å²) in [5, 5.41) is 9.37. The van der Waals surface area contributed by atoms with Crippen LogP contribution in [0.2, 0.25) is 0 Å². The quantitative estimate of drug-likeness (QED) is 0.853. The lowest BCUT2D eigenvalue weighted by molar-refractivity contribution is -0.133. The molecule has 0 unspecified atom stereocenters. The van der Waals surface area contributed by atoms with Gasteiger partial charge in [-0.2, -0.15) is 0 Å². The maximum atomic E-state index is 10.6. The monoisotopic (exact) mass is 280 g/mol. The molecule has 1 aromatic heterocycles. The number of benzene rings is 1. The van der Waals surface area contributed by atoms with Gasteiger partial charge in [-0.05, 0) is 30.5 Å². The summed E-state index contributed by atoms with van der Waals surface area (Å²) >= 11 is 2.90. The van der Waals surface area contributed by atoms with E-state index in [9.17, 15) is 4.79 Å². The molecule has 0 bridgehead atoms. The van der Waals surface area contributed by atoms with Crippen LogP contribution in [0.3, 0.4) is 0 Å². The van der Waals surface area contributed by atoms with Gasteiger partial charge in [0.05, 0.1) is 5.75 Å². The summed E-state index contributed by atoms with van der Waals surface area (Å²) in [6.45, 7) is 0. The highest BCUT2D eigenvalue weighted by Crippen LogP contribution is 2.22. The molecule has 4 nitrogen and oxygen atoms in total. The summed E-state index contributed by atoms with van der Waals surface area (Å²) in [5.41, 5.74) is 0.984. The molecule has 1 heterocycles. The predicted octanol–water partition coefficient (Wildman–Crippen LogP) is 2.77. The second-order valence-electron chi connectivity index (χ2n) is 3.46. The number of nitrogens with zero attached hydrogens (tertiary/aromatic N) is 2. The van der Waals surface area contributed by atoms with Crippen LogP contribution in [-0.2, 0) is 4.79 Å². The van der Waals surface area contributed by atoms with Crippen LogP contribution in [-0.4, -0.2) is 32.6 Å². The Hall–Kier alpha value is -1.40. The standard InChI is InChI=1S/C12H12N2O2S2/c1-17-10-4-2-9(3-5-10)14-7-6-13-12(14)18-8-11(15)16/h2-7H,8H2,1H3,(H,15,16). The lowest BCUT2D eigenvalue weighted by Crippen LogP contribution is -2.01. The molecule has 18 heavy (non-hydrogen) atoms. The van der Waals surface area contributed by atoms with Gasteiger partial charge in [0.15, 0.2) is 5.16 Å². The first-order valence-electron chi connectivity index (χ1n) is 5.23. The van der Waals surface area contributed by atoms with E-state index < -0.39 is 5.97 Å². The molecule has 2 aromatic rings. The van der Waals surface area contributed by atoms with Crippen LogP contribution in [0.4, 0.5) is 0 Å². The minimum Gasteiger partial charge on any atom is -0.481 e. The molecular formula is C12H12N2O2S2. The fraction of sp³-hybridized carbons (Fsp3) is 0.167. The summed E-state index contributed by atoms with van der Waals surface area (Å²) in [5.74, 6) is -0.827. The van der Waals surface area contributed by atoms with Gasteiger partial charge in [-0.25, -0.2) is 4.98 Å². The fourth-order valence-corrected chi connectivity index (χ4v) is 2.56. The highest BCUT2D eigenvalue weighted by atomic mass is 32.2. The van der Waals surface area contributed by atoms with E-state index in [1.54, 1.807) is 18.0 Å². The van der Waals surface area contributed by atoms with Gasteiger partial charge in [0.2, 0.25) is 0 Å². The molecule has 1 N–H and O–H groups in total. The van der Waals surface area contributed by atoms with Crippen molar-refractivity contribution in [3.63, 3.8) is 0 Å². The van der Waals surface area contributed by atoms with Crippen LogP contribution in [0.25, 0.3) is 5.69 Å². The molecule has 0 saturated heterocycles. The SMILES string of the molecule is CSc1ccc(-n2ccnc2SCC(=O)O)cc1. The molecule has 0 atom stereocenters. The van der Waals surface area contributed by atoms with Gasteiger partial charge >= 0.3 is 5.97 Å². The van der Waals surface area contributed by atoms with Gasteiger partial charge in [0.25, 0.3) is 0 Å². The van der Waals surface area contributed by atoms with E-state index in [0.29, 0.717) is 5.16 Å². The first-order chi connectivity index (χ1) is 8.70. The van der Waals surface area contributed by atoms with Gasteiger partial charge < -0.3 is 5.11 Å². The van der Waals surface area contributed by atoms with E-state index in [2.05, 4.69) is 4.98 Å². The van der Waals surface area contributed by atoms with Crippen LogP contribution in [0.5, 0.6) is 0 Å². The number of carboxylic acids is 1. The first kappa shape index (κ1) is 13.0. The number of rotatable bonds is 5. The van der Waals surface area contributed by atoms with Crippen molar-refractivity contribution in [3.05, 3.63) is 36.7 Å². The minimum absolute atomic E-state index is 0.0138. The van der Waals surface area contributed by atoms with Crippen molar-refractivity contribution in [2.24, 2.45) is 0 Å². The maximum absolute atomic E-state index is 10.6. The van der Waals surface area contributed by atoms with Gasteiger partial charge in [-0.1, -0.05) is 11.8 Å². The Balaban J connectivity index is 2.21. The van der Waals surface area contributed by atoms with Gasteiger partial charge in [0.1, 0.15) is 0 Å². The van der Waals surface area contributed by atoms with E-state index in [4.69, 9.17) is 5.11 Å². The zero-order valence-electron chi connectivity index (χ0n) is 9.74. The van der Waals surface area contributed by atoms with Gasteiger partial charge in [0, 0.05) is 23.0 Å². The van der Waals surface area contributed by atoms with Crippen LogP contribution >= 0.6 is 23.5 Å². The third kappa shape index (κ3) is 3.08. The Morgan fingerprint density at radius 3 is 2.72 bits per heavy atom. The zero-order chi connectivity index (χ0) is 13.0. The Labute approximate surface area is 113 Å². The van der Waals surface area contributed by atoms with Gasteiger partial charge in [-0.15, -0.1) is 11.8 Å². The number of thioether (sulfide) groups is 2. The number of aromatic nitrogens is 2. The van der Waals surface area contributed by atoms with Crippen LogP contribution in [0.1, 0.15) is 0 Å². The third-order valence-corrected chi connectivity index (χ3v) is 3.98. The molecule has 0 fully saturated rings. The van der Waals surface area contributed by atoms with Crippen molar-refractivity contribution in [1.82, 2.24) is 9.55 Å². The molecule has 2 rings (SSSR count). The smallest absolute Gasteiger partial charge is 0.313 e. The van der Waals surface area contributed by atoms with Crippen LogP contribution in [0, 0.1) is 0 Å². The molecule has 0 spiro atoms. The Morgan fingerprint density at radius 2 is 2.11 bits per heavy atom. The summed E-state index contributed by atoms with van der Waals surface area (Å²) in [6, 6.07) is 8.06. The fourth-order valence-electron chi connectivity index (χ4n) is 1.46. The molecular weight excluding hydrogens is 268 g/mol. The van der Waals surface area contributed by atoms with Crippen LogP contribution in [0.15, 0.2) is 46.7 Å². The number of aliphatic carboxylic acids is 1. The summed E-state index contributed by atoms with van der Waals surface area (Å²) in [7, 11) is 0. The van der Waals surface area contributed by atoms with Crippen molar-refractivity contribution in [1.29, 1.82) is 0 Å². The number of carboxylic acid groups (broad SMARTS) is 1. The van der Waals surface area contributed by atoms with E-state index in [0.717, 1.165) is 5.69 Å². The Kier molecular flexibility index (Phi) is 4.33. The summed E-state index contributed by atoms with van der Waals surface area (Å²) in [6.07, 6.45) is 5.53. The molecule has 94 valence electrons. The molecule has 0 amide bonds. The van der Waals surface area contributed by atoms with Crippen LogP contribution < -0.4 is 0 Å². The lowest BCUT2D eigenvalue weighted by Gasteiger charge is -2.07. The van der Waals surface area contributed by atoms with Crippen molar-refractivity contribution in [2.75, 3.05) is 12.0 Å². The number of hydrogen-bond acceptors (Lipinski definition) is 4. The van der Waals surface area contributed by atoms with Crippen molar-refractivity contribution in [2.45, 2.75) is 10.1 Å². The maximum Gasteiger partial charge on any atom is 0.313 e. The number of carbonyl (C=O) groups is 1. The highest BCUT2D eigenvalue weighted by Gasteiger charge is 2.07. The molecule has 0 radical (unpaired) electrons. The molecule has 0 aliphatic carbocycles. The predicted molar refractivity (Wildman–Crippen MR) is 73.7 cm³/mol. The van der Waals surface area contributed by atoms with E-state index in [-0.39, 0.29) is 5.75 Å². The zero-order valence-corrected chi connectivity index (χ0v) is 11.4. The Morgan fingerprint density at radius 1 is 1.39 bits per heavy atom. The number of hydrogen-bond donors (Lipinski definition) is 1. The topological polar surface area (TPSA) is 55.1 Å². The second kappa shape index (κ2) is 5.97. The highest BCUT2D eigenvalue weighted by molar-refractivity contribution is 7.99. The molecule has 0 aliphatic heterocycles. The molecule has 0 saturated carbocycles. The van der Waals surface area contributed by atoms with Crippen molar-refractivity contribution < 1.29 is 9.90 Å². The normalized spacial score (nSPS) is 10.5. The second-order valence-corrected chi connectivity index (χ2v) is 5.28. The summed E-state index contributed by atoms with van der Waals surface area (Å²) < 4.78 is 1.89. The van der Waals surface area contributed by atoms with E-state index in [1.165, 1.54) is 16.7 Å². The largest absolute Gasteiger partial charge is 0.481 e. The van der Waals surface area contributed by atoms with Crippen molar-refractivity contribution >= 4 is 29.5 Å². The number of imidazole rings is 1. The molecule has 0 aliphatic rings. The third-order valence-electron chi connectivity index (χ3n) is 2.28. The minimum atomic E-state index is -0.840. The van der Waals surface area contributed by atoms with Crippen molar-refractivity contribution in [3.8, 4) is 5.69 Å². The summed E-state index contributed by atoms with van der Waals surface area (Å²) in [4.78, 5) is 15.9.